The van der Waals surface area contributed by atoms with Gasteiger partial charge in [0.05, 0.1) is 0 Å². The predicted octanol–water partition coefficient (Wildman–Crippen LogP) is -0.151. The minimum absolute atomic E-state index is 0.126. The highest BCUT2D eigenvalue weighted by Crippen LogP contribution is 2.06. The van der Waals surface area contributed by atoms with Crippen molar-refractivity contribution >= 4 is 17.6 Å². The molecule has 2 amide bonds. The van der Waals surface area contributed by atoms with Crippen molar-refractivity contribution in [1.82, 2.24) is 21.2 Å². The molecular weight excluding hydrogens is 226 g/mol. The fourth-order valence-corrected chi connectivity index (χ4v) is 1.29. The second kappa shape index (κ2) is 5.83. The van der Waals surface area contributed by atoms with E-state index in [2.05, 4.69) is 25.8 Å². The molecule has 4 N–H and O–H groups in total. The number of nitrogens with zero attached hydrogens (tertiary/aromatic N) is 2. The number of nitrogen functional groups attached to an aromatic ring is 1. The topological polar surface area (TPSA) is 123 Å². The van der Waals surface area contributed by atoms with E-state index in [0.29, 0.717) is 12.8 Å². The van der Waals surface area contributed by atoms with Crippen LogP contribution in [0.2, 0.25) is 0 Å². The molecule has 0 unspecified atom stereocenters. The third-order valence-electron chi connectivity index (χ3n) is 2.38. The summed E-state index contributed by atoms with van der Waals surface area (Å²) in [5.41, 5.74) is 9.65. The van der Waals surface area contributed by atoms with Gasteiger partial charge in [0.2, 0.25) is 17.4 Å². The largest absolute Gasteiger partial charge is 0.379 e. The summed E-state index contributed by atoms with van der Waals surface area (Å²) in [5.74, 6) is -1.18. The Morgan fingerprint density at radius 3 is 2.41 bits per heavy atom. The molecule has 0 saturated carbocycles. The van der Waals surface area contributed by atoms with Crippen LogP contribution in [0.25, 0.3) is 0 Å². The standard InChI is InChI=1S/C9H15N5O3/c1-3-5(4-2)8(15)11-12-9(16)6-7(10)14-17-13-6/h5H,3-4H2,1-2H3,(H2,10,14)(H,11,15)(H,12,16). The van der Waals surface area contributed by atoms with Crippen molar-refractivity contribution in [3.8, 4) is 0 Å². The molecule has 1 aromatic heterocycles. The van der Waals surface area contributed by atoms with Gasteiger partial charge in [-0.1, -0.05) is 13.8 Å². The Hall–Kier alpha value is -2.12. The number of hydrazine groups is 1. The molecule has 1 rings (SSSR count). The van der Waals surface area contributed by atoms with Gasteiger partial charge in [0.1, 0.15) is 0 Å². The van der Waals surface area contributed by atoms with Gasteiger partial charge in [0, 0.05) is 5.92 Å². The lowest BCUT2D eigenvalue weighted by molar-refractivity contribution is -0.126. The lowest BCUT2D eigenvalue weighted by Gasteiger charge is -2.12. The summed E-state index contributed by atoms with van der Waals surface area (Å²) in [6.07, 6.45) is 1.40. The smallest absolute Gasteiger partial charge is 0.295 e. The van der Waals surface area contributed by atoms with Gasteiger partial charge in [-0.25, -0.2) is 4.63 Å². The fraction of sp³-hybridized carbons (Fsp3) is 0.556. The molecule has 8 nitrogen and oxygen atoms in total. The van der Waals surface area contributed by atoms with Gasteiger partial charge in [-0.2, -0.15) is 0 Å². The van der Waals surface area contributed by atoms with Crippen LogP contribution in [0.15, 0.2) is 4.63 Å². The maximum absolute atomic E-state index is 11.5. The average molecular weight is 241 g/mol. The number of rotatable bonds is 4. The molecule has 1 heterocycles. The van der Waals surface area contributed by atoms with Crippen LogP contribution < -0.4 is 16.6 Å². The summed E-state index contributed by atoms with van der Waals surface area (Å²) in [5, 5.41) is 6.55. The number of nitrogens with two attached hydrogens (primary N) is 1. The van der Waals surface area contributed by atoms with Crippen LogP contribution in [0.3, 0.4) is 0 Å². The van der Waals surface area contributed by atoms with E-state index in [4.69, 9.17) is 5.73 Å². The molecule has 0 aliphatic rings. The van der Waals surface area contributed by atoms with Crippen LogP contribution in [-0.2, 0) is 4.79 Å². The molecule has 0 radical (unpaired) electrons. The first-order valence-electron chi connectivity index (χ1n) is 5.28. The van der Waals surface area contributed by atoms with Gasteiger partial charge >= 0.3 is 0 Å². The van der Waals surface area contributed by atoms with Crippen molar-refractivity contribution < 1.29 is 14.2 Å². The molecule has 17 heavy (non-hydrogen) atoms. The van der Waals surface area contributed by atoms with Gasteiger partial charge in [0.25, 0.3) is 5.91 Å². The zero-order valence-electron chi connectivity index (χ0n) is 9.69. The maximum atomic E-state index is 11.5. The highest BCUT2D eigenvalue weighted by molar-refractivity contribution is 5.97. The second-order valence-corrected chi connectivity index (χ2v) is 3.45. The number of hydrogen-bond acceptors (Lipinski definition) is 6. The first kappa shape index (κ1) is 12.9. The first-order chi connectivity index (χ1) is 8.10. The SMILES string of the molecule is CCC(CC)C(=O)NNC(=O)c1nonc1N. The van der Waals surface area contributed by atoms with Crippen molar-refractivity contribution in [3.05, 3.63) is 5.69 Å². The van der Waals surface area contributed by atoms with E-state index >= 15 is 0 Å². The highest BCUT2D eigenvalue weighted by Gasteiger charge is 2.18. The molecule has 0 aliphatic carbocycles. The lowest BCUT2D eigenvalue weighted by Crippen LogP contribution is -2.44. The predicted molar refractivity (Wildman–Crippen MR) is 58.4 cm³/mol. The molecular formula is C9H15N5O3. The van der Waals surface area contributed by atoms with E-state index in [1.54, 1.807) is 0 Å². The summed E-state index contributed by atoms with van der Waals surface area (Å²) < 4.78 is 4.26. The van der Waals surface area contributed by atoms with Crippen molar-refractivity contribution in [2.75, 3.05) is 5.73 Å². The molecule has 0 atom stereocenters. The fourth-order valence-electron chi connectivity index (χ4n) is 1.29. The van der Waals surface area contributed by atoms with E-state index in [1.807, 2.05) is 13.8 Å². The van der Waals surface area contributed by atoms with Crippen molar-refractivity contribution in [2.24, 2.45) is 5.92 Å². The van der Waals surface area contributed by atoms with Crippen LogP contribution in [0.4, 0.5) is 5.82 Å². The van der Waals surface area contributed by atoms with Crippen LogP contribution in [0.1, 0.15) is 37.2 Å². The highest BCUT2D eigenvalue weighted by atomic mass is 16.6. The number of nitrogens with one attached hydrogen (secondary N) is 2. The van der Waals surface area contributed by atoms with Gasteiger partial charge in [-0.05, 0) is 23.2 Å². The molecule has 1 aromatic rings. The first-order valence-corrected chi connectivity index (χ1v) is 5.28. The van der Waals surface area contributed by atoms with Crippen molar-refractivity contribution in [3.63, 3.8) is 0 Å². The second-order valence-electron chi connectivity index (χ2n) is 3.45. The summed E-state index contributed by atoms with van der Waals surface area (Å²) in [6.45, 7) is 3.80. The van der Waals surface area contributed by atoms with E-state index in [9.17, 15) is 9.59 Å². The summed E-state index contributed by atoms with van der Waals surface area (Å²) in [7, 11) is 0. The lowest BCUT2D eigenvalue weighted by atomic mass is 10.0. The summed E-state index contributed by atoms with van der Waals surface area (Å²) in [6, 6.07) is 0. The van der Waals surface area contributed by atoms with Crippen LogP contribution in [0.5, 0.6) is 0 Å². The quantitative estimate of drug-likeness (QED) is 0.630. The van der Waals surface area contributed by atoms with Gasteiger partial charge in [-0.3, -0.25) is 20.4 Å². The molecule has 0 aliphatic heterocycles. The third-order valence-corrected chi connectivity index (χ3v) is 2.38. The van der Waals surface area contributed by atoms with Gasteiger partial charge in [-0.15, -0.1) is 0 Å². The molecule has 94 valence electrons. The zero-order valence-corrected chi connectivity index (χ0v) is 9.69. The van der Waals surface area contributed by atoms with Gasteiger partial charge < -0.3 is 5.73 Å². The Kier molecular flexibility index (Phi) is 4.44. The number of hydrogen-bond donors (Lipinski definition) is 3. The summed E-state index contributed by atoms with van der Waals surface area (Å²) in [4.78, 5) is 23.0. The number of aromatic nitrogens is 2. The summed E-state index contributed by atoms with van der Waals surface area (Å²) >= 11 is 0. The third kappa shape index (κ3) is 3.16. The molecule has 0 saturated heterocycles. The van der Waals surface area contributed by atoms with E-state index in [1.165, 1.54) is 0 Å². The zero-order chi connectivity index (χ0) is 12.8. The number of carbonyl (C=O) groups is 2. The van der Waals surface area contributed by atoms with Crippen molar-refractivity contribution in [2.45, 2.75) is 26.7 Å². The van der Waals surface area contributed by atoms with Crippen LogP contribution >= 0.6 is 0 Å². The Labute approximate surface area is 97.9 Å². The van der Waals surface area contributed by atoms with Crippen LogP contribution in [-0.4, -0.2) is 22.1 Å². The number of carbonyl (C=O) groups excluding carboxylic acids is 2. The molecule has 0 aromatic carbocycles. The Balaban J connectivity index is 2.49. The van der Waals surface area contributed by atoms with Gasteiger partial charge in [0.15, 0.2) is 0 Å². The minimum atomic E-state index is -0.664. The maximum Gasteiger partial charge on any atom is 0.295 e. The molecule has 0 spiro atoms. The Morgan fingerprint density at radius 2 is 1.94 bits per heavy atom. The average Bonchev–Trinajstić information content (AvgIpc) is 2.74. The van der Waals surface area contributed by atoms with E-state index < -0.39 is 5.91 Å². The molecule has 8 heteroatoms. The monoisotopic (exact) mass is 241 g/mol. The molecule has 0 bridgehead atoms. The van der Waals surface area contributed by atoms with E-state index in [0.717, 1.165) is 0 Å². The van der Waals surface area contributed by atoms with E-state index in [-0.39, 0.29) is 23.3 Å². The Bertz CT molecular complexity index is 399. The minimum Gasteiger partial charge on any atom is -0.379 e. The van der Waals surface area contributed by atoms with Crippen molar-refractivity contribution in [1.29, 1.82) is 0 Å². The number of anilines is 1. The van der Waals surface area contributed by atoms with Crippen LogP contribution in [0, 0.1) is 5.92 Å². The normalized spacial score (nSPS) is 10.3. The molecule has 0 fully saturated rings. The Morgan fingerprint density at radius 1 is 1.29 bits per heavy atom. The number of amides is 2.